The van der Waals surface area contributed by atoms with Gasteiger partial charge in [0, 0.05) is 6.54 Å². The number of hydrogen-bond donors (Lipinski definition) is 1. The van der Waals surface area contributed by atoms with E-state index in [4.69, 9.17) is 0 Å². The number of carbonyl (C=O) groups is 2. The van der Waals surface area contributed by atoms with Gasteiger partial charge in [0.05, 0.1) is 13.2 Å². The minimum absolute atomic E-state index is 0.0102. The zero-order chi connectivity index (χ0) is 14.0. The van der Waals surface area contributed by atoms with Crippen LogP contribution in [0.5, 0.6) is 0 Å². The molecular formula is C14H18N2O3. The quantitative estimate of drug-likeness (QED) is 0.841. The lowest BCUT2D eigenvalue weighted by Crippen LogP contribution is -2.33. The Morgan fingerprint density at radius 1 is 1.47 bits per heavy atom. The van der Waals surface area contributed by atoms with Crippen molar-refractivity contribution in [3.8, 4) is 0 Å². The van der Waals surface area contributed by atoms with E-state index >= 15 is 0 Å². The highest BCUT2D eigenvalue weighted by Gasteiger charge is 2.31. The molecule has 1 atom stereocenters. The molecular weight excluding hydrogens is 244 g/mol. The van der Waals surface area contributed by atoms with Crippen molar-refractivity contribution in [2.75, 3.05) is 20.2 Å². The SMILES string of the molecule is COC(=O)CN1CC(c2ccc(C)cc2C)NC1=O. The summed E-state index contributed by atoms with van der Waals surface area (Å²) in [7, 11) is 1.32. The van der Waals surface area contributed by atoms with Crippen LogP contribution in [0.4, 0.5) is 4.79 Å². The number of methoxy groups -OCH3 is 1. The van der Waals surface area contributed by atoms with E-state index in [0.717, 1.165) is 11.1 Å². The summed E-state index contributed by atoms with van der Waals surface area (Å²) in [4.78, 5) is 24.5. The molecule has 0 spiro atoms. The molecule has 0 radical (unpaired) electrons. The number of esters is 1. The van der Waals surface area contributed by atoms with Gasteiger partial charge in [-0.1, -0.05) is 23.8 Å². The third-order valence-corrected chi connectivity index (χ3v) is 3.34. The molecule has 0 aromatic heterocycles. The summed E-state index contributed by atoms with van der Waals surface area (Å²) in [5, 5.41) is 2.89. The molecule has 1 aliphatic rings. The van der Waals surface area contributed by atoms with Gasteiger partial charge in [0.15, 0.2) is 0 Å². The van der Waals surface area contributed by atoms with Crippen LogP contribution in [0.3, 0.4) is 0 Å². The molecule has 1 aromatic rings. The van der Waals surface area contributed by atoms with E-state index in [1.54, 1.807) is 0 Å². The number of amides is 2. The van der Waals surface area contributed by atoms with Crippen molar-refractivity contribution in [3.63, 3.8) is 0 Å². The van der Waals surface area contributed by atoms with E-state index in [1.807, 2.05) is 26.0 Å². The van der Waals surface area contributed by atoms with Crippen molar-refractivity contribution in [3.05, 3.63) is 34.9 Å². The predicted molar refractivity (Wildman–Crippen MR) is 70.8 cm³/mol. The first-order valence-electron chi connectivity index (χ1n) is 6.20. The number of benzene rings is 1. The van der Waals surface area contributed by atoms with Crippen molar-refractivity contribution in [1.29, 1.82) is 0 Å². The number of ether oxygens (including phenoxy) is 1. The molecule has 2 rings (SSSR count). The molecule has 5 heteroatoms. The predicted octanol–water partition coefficient (Wildman–Crippen LogP) is 1.54. The Kier molecular flexibility index (Phi) is 3.74. The molecule has 0 bridgehead atoms. The molecule has 102 valence electrons. The molecule has 1 saturated heterocycles. The van der Waals surface area contributed by atoms with Gasteiger partial charge >= 0.3 is 12.0 Å². The van der Waals surface area contributed by atoms with Crippen molar-refractivity contribution < 1.29 is 14.3 Å². The van der Waals surface area contributed by atoms with Crippen LogP contribution in [-0.4, -0.2) is 37.1 Å². The summed E-state index contributed by atoms with van der Waals surface area (Å²) in [5.74, 6) is -0.406. The van der Waals surface area contributed by atoms with Crippen LogP contribution in [-0.2, 0) is 9.53 Å². The monoisotopic (exact) mass is 262 g/mol. The summed E-state index contributed by atoms with van der Waals surface area (Å²) in [6.45, 7) is 4.53. The number of nitrogens with one attached hydrogen (secondary N) is 1. The highest BCUT2D eigenvalue weighted by atomic mass is 16.5. The Morgan fingerprint density at radius 3 is 2.84 bits per heavy atom. The largest absolute Gasteiger partial charge is 0.468 e. The molecule has 1 aromatic carbocycles. The first-order chi connectivity index (χ1) is 9.01. The third-order valence-electron chi connectivity index (χ3n) is 3.34. The normalized spacial score (nSPS) is 18.4. The van der Waals surface area contributed by atoms with E-state index in [2.05, 4.69) is 16.1 Å². The first-order valence-corrected chi connectivity index (χ1v) is 6.20. The van der Waals surface area contributed by atoms with Gasteiger partial charge in [-0.25, -0.2) is 4.79 Å². The van der Waals surface area contributed by atoms with Gasteiger partial charge in [0.2, 0.25) is 0 Å². The average Bonchev–Trinajstić information content (AvgIpc) is 2.70. The van der Waals surface area contributed by atoms with Gasteiger partial charge in [0.1, 0.15) is 6.54 Å². The van der Waals surface area contributed by atoms with Gasteiger partial charge in [-0.15, -0.1) is 0 Å². The van der Waals surface area contributed by atoms with E-state index < -0.39 is 5.97 Å². The van der Waals surface area contributed by atoms with Crippen molar-refractivity contribution >= 4 is 12.0 Å². The van der Waals surface area contributed by atoms with Gasteiger partial charge in [-0.05, 0) is 25.0 Å². The van der Waals surface area contributed by atoms with Gasteiger partial charge in [-0.2, -0.15) is 0 Å². The number of urea groups is 1. The standard InChI is InChI=1S/C14H18N2O3/c1-9-4-5-11(10(2)6-9)12-7-16(14(18)15-12)8-13(17)19-3/h4-6,12H,7-8H2,1-3H3,(H,15,18). The summed E-state index contributed by atoms with van der Waals surface area (Å²) in [6, 6.07) is 5.84. The zero-order valence-electron chi connectivity index (χ0n) is 11.4. The third kappa shape index (κ3) is 2.86. The highest BCUT2D eigenvalue weighted by molar-refractivity contribution is 5.83. The Balaban J connectivity index is 2.12. The number of nitrogens with zero attached hydrogens (tertiary/aromatic N) is 1. The minimum atomic E-state index is -0.406. The Hall–Kier alpha value is -2.04. The molecule has 1 heterocycles. The second-order valence-corrected chi connectivity index (χ2v) is 4.82. The van der Waals surface area contributed by atoms with Gasteiger partial charge in [-0.3, -0.25) is 4.79 Å². The van der Waals surface area contributed by atoms with Crippen LogP contribution in [0.1, 0.15) is 22.7 Å². The molecule has 1 aliphatic heterocycles. The first kappa shape index (κ1) is 13.4. The summed E-state index contributed by atoms with van der Waals surface area (Å²) < 4.78 is 4.58. The summed E-state index contributed by atoms with van der Waals surface area (Å²) >= 11 is 0. The minimum Gasteiger partial charge on any atom is -0.468 e. The fourth-order valence-corrected chi connectivity index (χ4v) is 2.34. The van der Waals surface area contributed by atoms with Crippen LogP contribution in [0.25, 0.3) is 0 Å². The number of rotatable bonds is 3. The lowest BCUT2D eigenvalue weighted by atomic mass is 10.00. The molecule has 0 aliphatic carbocycles. The van der Waals surface area contributed by atoms with Crippen LogP contribution in [0.15, 0.2) is 18.2 Å². The Bertz CT molecular complexity index is 513. The van der Waals surface area contributed by atoms with Crippen LogP contribution in [0.2, 0.25) is 0 Å². The number of hydrogen-bond acceptors (Lipinski definition) is 3. The molecule has 0 saturated carbocycles. The highest BCUT2D eigenvalue weighted by Crippen LogP contribution is 2.23. The Morgan fingerprint density at radius 2 is 2.21 bits per heavy atom. The van der Waals surface area contributed by atoms with E-state index in [0.29, 0.717) is 6.54 Å². The fourth-order valence-electron chi connectivity index (χ4n) is 2.34. The lowest BCUT2D eigenvalue weighted by molar-refractivity contribution is -0.141. The average molecular weight is 262 g/mol. The van der Waals surface area contributed by atoms with Crippen LogP contribution < -0.4 is 5.32 Å². The molecule has 1 fully saturated rings. The second-order valence-electron chi connectivity index (χ2n) is 4.82. The molecule has 2 amide bonds. The van der Waals surface area contributed by atoms with Crippen molar-refractivity contribution in [2.24, 2.45) is 0 Å². The molecule has 19 heavy (non-hydrogen) atoms. The summed E-state index contributed by atoms with van der Waals surface area (Å²) in [5.41, 5.74) is 3.42. The molecule has 1 N–H and O–H groups in total. The Labute approximate surface area is 112 Å². The van der Waals surface area contributed by atoms with Crippen LogP contribution in [0, 0.1) is 13.8 Å². The maximum Gasteiger partial charge on any atom is 0.325 e. The molecule has 1 unspecified atom stereocenters. The van der Waals surface area contributed by atoms with E-state index in [-0.39, 0.29) is 18.6 Å². The maximum absolute atomic E-state index is 11.8. The summed E-state index contributed by atoms with van der Waals surface area (Å²) in [6.07, 6.45) is 0. The van der Waals surface area contributed by atoms with Gasteiger partial charge in [0.25, 0.3) is 0 Å². The zero-order valence-corrected chi connectivity index (χ0v) is 11.4. The van der Waals surface area contributed by atoms with Crippen molar-refractivity contribution in [1.82, 2.24) is 10.2 Å². The fraction of sp³-hybridized carbons (Fsp3) is 0.429. The number of aryl methyl sites for hydroxylation is 2. The maximum atomic E-state index is 11.8. The lowest BCUT2D eigenvalue weighted by Gasteiger charge is -2.14. The second kappa shape index (κ2) is 5.30. The van der Waals surface area contributed by atoms with E-state index in [9.17, 15) is 9.59 Å². The molecule has 5 nitrogen and oxygen atoms in total. The smallest absolute Gasteiger partial charge is 0.325 e. The van der Waals surface area contributed by atoms with Crippen LogP contribution >= 0.6 is 0 Å². The van der Waals surface area contributed by atoms with Crippen molar-refractivity contribution in [2.45, 2.75) is 19.9 Å². The topological polar surface area (TPSA) is 58.6 Å². The van der Waals surface area contributed by atoms with E-state index in [1.165, 1.54) is 17.6 Å². The number of carbonyl (C=O) groups excluding carboxylic acids is 2. The van der Waals surface area contributed by atoms with Gasteiger partial charge < -0.3 is 15.0 Å².